The Morgan fingerprint density at radius 2 is 1.44 bits per heavy atom. The van der Waals surface area contributed by atoms with Gasteiger partial charge < -0.3 is 23.8 Å². The Kier molecular flexibility index (Phi) is 12.3. The molecule has 39 heavy (non-hydrogen) atoms. The first-order valence-electron chi connectivity index (χ1n) is 13.1. The van der Waals surface area contributed by atoms with Gasteiger partial charge in [0.1, 0.15) is 12.6 Å². The Labute approximate surface area is 230 Å². The van der Waals surface area contributed by atoms with Gasteiger partial charge in [-0.3, -0.25) is 4.79 Å². The van der Waals surface area contributed by atoms with Crippen LogP contribution in [0.5, 0.6) is 0 Å². The third-order valence-electron chi connectivity index (χ3n) is 5.98. The van der Waals surface area contributed by atoms with Gasteiger partial charge in [-0.2, -0.15) is 4.72 Å². The van der Waals surface area contributed by atoms with Crippen molar-refractivity contribution in [1.82, 2.24) is 9.62 Å². The molecule has 0 spiro atoms. The van der Waals surface area contributed by atoms with Crippen LogP contribution >= 0.6 is 0 Å². The van der Waals surface area contributed by atoms with E-state index in [4.69, 9.17) is 18.9 Å². The van der Waals surface area contributed by atoms with Gasteiger partial charge in [-0.15, -0.1) is 0 Å². The van der Waals surface area contributed by atoms with Gasteiger partial charge in [0.15, 0.2) is 0 Å². The van der Waals surface area contributed by atoms with Gasteiger partial charge >= 0.3 is 5.97 Å². The fourth-order valence-electron chi connectivity index (χ4n) is 3.95. The van der Waals surface area contributed by atoms with Crippen molar-refractivity contribution in [3.63, 3.8) is 0 Å². The second-order valence-corrected chi connectivity index (χ2v) is 11.3. The second-order valence-electron chi connectivity index (χ2n) is 9.55. The minimum atomic E-state index is -4.06. The quantitative estimate of drug-likeness (QED) is 0.463. The molecule has 0 aliphatic carbocycles. The molecule has 3 rings (SSSR count). The summed E-state index contributed by atoms with van der Waals surface area (Å²) in [6.45, 7) is 6.86. The summed E-state index contributed by atoms with van der Waals surface area (Å²) < 4.78 is 50.9. The van der Waals surface area contributed by atoms with Crippen molar-refractivity contribution in [1.29, 1.82) is 0 Å². The van der Waals surface area contributed by atoms with Crippen molar-refractivity contribution in [3.05, 3.63) is 65.7 Å². The first-order chi connectivity index (χ1) is 18.8. The minimum Gasteiger partial charge on any atom is -0.457 e. The zero-order valence-corrected chi connectivity index (χ0v) is 23.4. The van der Waals surface area contributed by atoms with E-state index in [9.17, 15) is 18.0 Å². The number of ether oxygens (including phenoxy) is 4. The summed E-state index contributed by atoms with van der Waals surface area (Å²) in [7, 11) is -4.06. The highest BCUT2D eigenvalue weighted by molar-refractivity contribution is 7.89. The maximum Gasteiger partial charge on any atom is 0.338 e. The molecule has 1 amide bonds. The van der Waals surface area contributed by atoms with Gasteiger partial charge in [0.25, 0.3) is 0 Å². The Bertz CT molecular complexity index is 1130. The molecule has 1 aliphatic rings. The Hall–Kier alpha value is -2.83. The molecule has 1 aliphatic heterocycles. The molecule has 1 fully saturated rings. The van der Waals surface area contributed by atoms with E-state index >= 15 is 0 Å². The van der Waals surface area contributed by atoms with Gasteiger partial charge in [-0.05, 0) is 42.2 Å². The van der Waals surface area contributed by atoms with E-state index < -0.39 is 22.0 Å². The molecule has 0 aromatic heterocycles. The lowest BCUT2D eigenvalue weighted by atomic mass is 10.0. The van der Waals surface area contributed by atoms with Crippen LogP contribution in [0.25, 0.3) is 0 Å². The molecular weight excluding hydrogens is 524 g/mol. The Balaban J connectivity index is 1.67. The second kappa shape index (κ2) is 15.7. The highest BCUT2D eigenvalue weighted by atomic mass is 32.2. The number of sulfonamides is 1. The molecule has 10 nitrogen and oxygen atoms in total. The van der Waals surface area contributed by atoms with E-state index in [0.29, 0.717) is 59.2 Å². The summed E-state index contributed by atoms with van der Waals surface area (Å²) in [5, 5.41) is 0. The van der Waals surface area contributed by atoms with Crippen LogP contribution in [0, 0.1) is 5.92 Å². The molecule has 214 valence electrons. The minimum absolute atomic E-state index is 0.0518. The number of benzene rings is 2. The predicted molar refractivity (Wildman–Crippen MR) is 145 cm³/mol. The van der Waals surface area contributed by atoms with Gasteiger partial charge in [0.2, 0.25) is 15.9 Å². The van der Waals surface area contributed by atoms with E-state index in [1.807, 2.05) is 44.2 Å². The largest absolute Gasteiger partial charge is 0.457 e. The van der Waals surface area contributed by atoms with E-state index in [1.165, 1.54) is 24.3 Å². The zero-order valence-electron chi connectivity index (χ0n) is 22.5. The van der Waals surface area contributed by atoms with Crippen LogP contribution in [0.3, 0.4) is 0 Å². The molecule has 1 N–H and O–H groups in total. The molecule has 2 aromatic carbocycles. The topological polar surface area (TPSA) is 120 Å². The maximum absolute atomic E-state index is 13.5. The van der Waals surface area contributed by atoms with E-state index in [-0.39, 0.29) is 28.9 Å². The molecule has 1 heterocycles. The van der Waals surface area contributed by atoms with Crippen molar-refractivity contribution in [2.24, 2.45) is 5.92 Å². The van der Waals surface area contributed by atoms with Crippen molar-refractivity contribution in [3.8, 4) is 0 Å². The van der Waals surface area contributed by atoms with Crippen molar-refractivity contribution < 1.29 is 37.0 Å². The number of amides is 1. The third kappa shape index (κ3) is 10.3. The Morgan fingerprint density at radius 3 is 2.00 bits per heavy atom. The van der Waals surface area contributed by atoms with Gasteiger partial charge in [0.05, 0.1) is 50.1 Å². The number of esters is 1. The van der Waals surface area contributed by atoms with Crippen LogP contribution < -0.4 is 4.72 Å². The normalized spacial score (nSPS) is 16.6. The summed E-state index contributed by atoms with van der Waals surface area (Å²) in [5.41, 5.74) is 1.07. The lowest BCUT2D eigenvalue weighted by Gasteiger charge is -2.29. The molecule has 2 aromatic rings. The number of rotatable bonds is 9. The van der Waals surface area contributed by atoms with E-state index in [2.05, 4.69) is 4.72 Å². The maximum atomic E-state index is 13.5. The Morgan fingerprint density at radius 1 is 0.872 bits per heavy atom. The molecule has 0 bridgehead atoms. The molecule has 0 radical (unpaired) electrons. The molecule has 0 saturated carbocycles. The molecule has 1 saturated heterocycles. The molecule has 11 heteroatoms. The average Bonchev–Trinajstić information content (AvgIpc) is 2.91. The number of nitrogens with zero attached hydrogens (tertiary/aromatic N) is 1. The first kappa shape index (κ1) is 30.7. The monoisotopic (exact) mass is 562 g/mol. The van der Waals surface area contributed by atoms with Gasteiger partial charge in [-0.1, -0.05) is 44.2 Å². The van der Waals surface area contributed by atoms with Crippen molar-refractivity contribution in [2.45, 2.75) is 37.8 Å². The first-order valence-corrected chi connectivity index (χ1v) is 14.6. The van der Waals surface area contributed by atoms with Gasteiger partial charge in [-0.25, -0.2) is 13.2 Å². The highest BCUT2D eigenvalue weighted by Crippen LogP contribution is 2.16. The smallest absolute Gasteiger partial charge is 0.338 e. The molecule has 1 atom stereocenters. The summed E-state index contributed by atoms with van der Waals surface area (Å²) in [4.78, 5) is 27.4. The number of carbonyl (C=O) groups excluding carboxylic acids is 2. The summed E-state index contributed by atoms with van der Waals surface area (Å²) in [6.07, 6.45) is 0.314. The fourth-order valence-corrected chi connectivity index (χ4v) is 5.15. The van der Waals surface area contributed by atoms with Gasteiger partial charge in [0, 0.05) is 13.1 Å². The number of hydrogen-bond donors (Lipinski definition) is 1. The van der Waals surface area contributed by atoms with Crippen LogP contribution in [-0.4, -0.2) is 84.0 Å². The third-order valence-corrected chi connectivity index (χ3v) is 7.47. The van der Waals surface area contributed by atoms with Crippen LogP contribution in [0.1, 0.15) is 36.2 Å². The standard InChI is InChI=1S/C28H38N2O8S/c1-22(2)20-26(27(31)30-12-14-35-16-18-37-19-17-36-15-13-30)29-39(33,34)25-10-8-24(9-11-25)28(32)38-21-23-6-4-3-5-7-23/h3-11,22,26,29H,12-21H2,1-2H3/t26-/m0/s1. The summed E-state index contributed by atoms with van der Waals surface area (Å²) in [5.74, 6) is -0.843. The fraction of sp³-hybridized carbons (Fsp3) is 0.500. The summed E-state index contributed by atoms with van der Waals surface area (Å²) >= 11 is 0. The number of nitrogens with one attached hydrogen (secondary N) is 1. The molecular formula is C28H38N2O8S. The zero-order chi connectivity index (χ0) is 28.1. The molecule has 0 unspecified atom stereocenters. The lowest BCUT2D eigenvalue weighted by Crippen LogP contribution is -2.50. The van der Waals surface area contributed by atoms with Crippen LogP contribution in [0.15, 0.2) is 59.5 Å². The van der Waals surface area contributed by atoms with Crippen molar-refractivity contribution >= 4 is 21.9 Å². The van der Waals surface area contributed by atoms with Crippen LogP contribution in [-0.2, 0) is 40.4 Å². The van der Waals surface area contributed by atoms with Crippen LogP contribution in [0.2, 0.25) is 0 Å². The average molecular weight is 563 g/mol. The number of hydrogen-bond acceptors (Lipinski definition) is 8. The van der Waals surface area contributed by atoms with Crippen molar-refractivity contribution in [2.75, 3.05) is 52.7 Å². The predicted octanol–water partition coefficient (Wildman–Crippen LogP) is 2.63. The summed E-state index contributed by atoms with van der Waals surface area (Å²) in [6, 6.07) is 13.8. The SMILES string of the molecule is CC(C)C[C@H](NS(=O)(=O)c1ccc(C(=O)OCc2ccccc2)cc1)C(=O)N1CCOCCOCCOCC1. The van der Waals surface area contributed by atoms with Crippen LogP contribution in [0.4, 0.5) is 0 Å². The van der Waals surface area contributed by atoms with E-state index in [1.54, 1.807) is 4.90 Å². The number of carbonyl (C=O) groups is 2. The lowest BCUT2D eigenvalue weighted by molar-refractivity contribution is -0.135. The van der Waals surface area contributed by atoms with E-state index in [0.717, 1.165) is 5.56 Å². The highest BCUT2D eigenvalue weighted by Gasteiger charge is 2.30.